The third kappa shape index (κ3) is 3.68. The van der Waals surface area contributed by atoms with E-state index in [2.05, 4.69) is 15.0 Å². The molecule has 1 saturated heterocycles. The summed E-state index contributed by atoms with van der Waals surface area (Å²) in [7, 11) is 0. The number of rotatable bonds is 5. The van der Waals surface area contributed by atoms with Gasteiger partial charge in [-0.05, 0) is 12.1 Å². The lowest BCUT2D eigenvalue weighted by Gasteiger charge is -2.26. The van der Waals surface area contributed by atoms with Crippen LogP contribution in [0.25, 0.3) is 11.6 Å². The van der Waals surface area contributed by atoms with Gasteiger partial charge < -0.3 is 9.15 Å². The Hall–Kier alpha value is -1.99. The van der Waals surface area contributed by atoms with Gasteiger partial charge in [0.1, 0.15) is 5.69 Å². The zero-order chi connectivity index (χ0) is 16.2. The molecule has 23 heavy (non-hydrogen) atoms. The maximum absolute atomic E-state index is 12.6. The molecule has 1 aliphatic heterocycles. The Bertz CT molecular complexity index is 688. The number of hydrogen-bond donors (Lipinski definition) is 0. The van der Waals surface area contributed by atoms with Gasteiger partial charge in [0.05, 0.1) is 26.0 Å². The summed E-state index contributed by atoms with van der Waals surface area (Å²) < 4.78 is 12.2. The van der Waals surface area contributed by atoms with Crippen molar-refractivity contribution < 1.29 is 9.15 Å². The summed E-state index contributed by atoms with van der Waals surface area (Å²) in [6.07, 6.45) is 1.58. The standard InChI is InChI=1S/C16H22N4O3/c1-12(2)14-16(21)20(6-5-19-7-10-22-11-8-19)18-15(17-14)13-4-3-9-23-13/h3-4,9,12H,5-8,10-11H2,1-2H3. The molecule has 0 amide bonds. The fourth-order valence-corrected chi connectivity index (χ4v) is 2.57. The van der Waals surface area contributed by atoms with Crippen LogP contribution in [0.1, 0.15) is 25.5 Å². The Labute approximate surface area is 134 Å². The van der Waals surface area contributed by atoms with Gasteiger partial charge in [0.25, 0.3) is 5.56 Å². The van der Waals surface area contributed by atoms with Crippen LogP contribution in [0.4, 0.5) is 0 Å². The number of morpholine rings is 1. The van der Waals surface area contributed by atoms with Crippen LogP contribution in [0.15, 0.2) is 27.6 Å². The lowest BCUT2D eigenvalue weighted by molar-refractivity contribution is 0.0357. The minimum atomic E-state index is -0.122. The zero-order valence-corrected chi connectivity index (χ0v) is 13.6. The van der Waals surface area contributed by atoms with Crippen molar-refractivity contribution in [1.82, 2.24) is 19.7 Å². The van der Waals surface area contributed by atoms with Gasteiger partial charge in [0.2, 0.25) is 5.82 Å². The maximum Gasteiger partial charge on any atom is 0.288 e. The molecule has 0 N–H and O–H groups in total. The quantitative estimate of drug-likeness (QED) is 0.828. The van der Waals surface area contributed by atoms with Crippen LogP contribution in [0.2, 0.25) is 0 Å². The molecule has 3 rings (SSSR count). The number of ether oxygens (including phenoxy) is 1. The fourth-order valence-electron chi connectivity index (χ4n) is 2.57. The molecule has 124 valence electrons. The highest BCUT2D eigenvalue weighted by Gasteiger charge is 2.17. The Morgan fingerprint density at radius 2 is 2.04 bits per heavy atom. The third-order valence-electron chi connectivity index (χ3n) is 3.92. The molecule has 0 spiro atoms. The molecule has 0 unspecified atom stereocenters. The van der Waals surface area contributed by atoms with Crippen molar-refractivity contribution in [3.63, 3.8) is 0 Å². The average Bonchev–Trinajstić information content (AvgIpc) is 3.09. The predicted molar refractivity (Wildman–Crippen MR) is 85.3 cm³/mol. The molecule has 0 aliphatic carbocycles. The van der Waals surface area contributed by atoms with E-state index in [1.165, 1.54) is 4.68 Å². The molecule has 0 saturated carbocycles. The first-order chi connectivity index (χ1) is 11.1. The van der Waals surface area contributed by atoms with E-state index in [1.807, 2.05) is 13.8 Å². The average molecular weight is 318 g/mol. The van der Waals surface area contributed by atoms with Gasteiger partial charge in [-0.25, -0.2) is 9.67 Å². The van der Waals surface area contributed by atoms with Crippen molar-refractivity contribution in [1.29, 1.82) is 0 Å². The van der Waals surface area contributed by atoms with E-state index in [1.54, 1.807) is 18.4 Å². The van der Waals surface area contributed by atoms with Crippen molar-refractivity contribution in [2.24, 2.45) is 0 Å². The largest absolute Gasteiger partial charge is 0.461 e. The lowest BCUT2D eigenvalue weighted by Crippen LogP contribution is -2.40. The van der Waals surface area contributed by atoms with Crippen LogP contribution in [0.3, 0.4) is 0 Å². The van der Waals surface area contributed by atoms with Crippen LogP contribution in [-0.4, -0.2) is 52.5 Å². The molecule has 0 aromatic carbocycles. The van der Waals surface area contributed by atoms with Gasteiger partial charge >= 0.3 is 0 Å². The lowest BCUT2D eigenvalue weighted by atomic mass is 10.1. The summed E-state index contributed by atoms with van der Waals surface area (Å²) >= 11 is 0. The monoisotopic (exact) mass is 318 g/mol. The number of furan rings is 1. The minimum Gasteiger partial charge on any atom is -0.461 e. The SMILES string of the molecule is CC(C)c1nc(-c2ccco2)nn(CCN2CCOCC2)c1=O. The molecule has 7 nitrogen and oxygen atoms in total. The van der Waals surface area contributed by atoms with Crippen LogP contribution >= 0.6 is 0 Å². The normalized spacial score (nSPS) is 16.1. The molecular formula is C16H22N4O3. The van der Waals surface area contributed by atoms with Crippen LogP contribution in [-0.2, 0) is 11.3 Å². The smallest absolute Gasteiger partial charge is 0.288 e. The second kappa shape index (κ2) is 7.06. The number of nitrogens with zero attached hydrogens (tertiary/aromatic N) is 4. The Kier molecular flexibility index (Phi) is 4.88. The van der Waals surface area contributed by atoms with E-state index >= 15 is 0 Å². The third-order valence-corrected chi connectivity index (χ3v) is 3.92. The summed E-state index contributed by atoms with van der Waals surface area (Å²) in [6, 6.07) is 3.59. The van der Waals surface area contributed by atoms with E-state index in [4.69, 9.17) is 9.15 Å². The van der Waals surface area contributed by atoms with Gasteiger partial charge in [-0.3, -0.25) is 9.69 Å². The second-order valence-electron chi connectivity index (χ2n) is 5.93. The molecule has 3 heterocycles. The van der Waals surface area contributed by atoms with E-state index in [9.17, 15) is 4.79 Å². The maximum atomic E-state index is 12.6. The summed E-state index contributed by atoms with van der Waals surface area (Å²) in [4.78, 5) is 19.2. The number of hydrogen-bond acceptors (Lipinski definition) is 6. The van der Waals surface area contributed by atoms with Gasteiger partial charge in [-0.2, -0.15) is 0 Å². The summed E-state index contributed by atoms with van der Waals surface area (Å²) in [5.41, 5.74) is 0.400. The molecule has 1 aliphatic rings. The van der Waals surface area contributed by atoms with Crippen molar-refractivity contribution >= 4 is 0 Å². The second-order valence-corrected chi connectivity index (χ2v) is 5.93. The molecule has 1 fully saturated rings. The zero-order valence-electron chi connectivity index (χ0n) is 13.6. The molecule has 0 radical (unpaired) electrons. The van der Waals surface area contributed by atoms with Crippen molar-refractivity contribution in [2.75, 3.05) is 32.8 Å². The summed E-state index contributed by atoms with van der Waals surface area (Å²) in [6.45, 7) is 8.50. The predicted octanol–water partition coefficient (Wildman–Crippen LogP) is 1.35. The van der Waals surface area contributed by atoms with E-state index in [-0.39, 0.29) is 11.5 Å². The Morgan fingerprint density at radius 1 is 1.26 bits per heavy atom. The minimum absolute atomic E-state index is 0.0360. The topological polar surface area (TPSA) is 73.4 Å². The van der Waals surface area contributed by atoms with Gasteiger partial charge in [-0.15, -0.1) is 5.10 Å². The highest BCUT2D eigenvalue weighted by atomic mass is 16.5. The Balaban J connectivity index is 1.86. The van der Waals surface area contributed by atoms with Crippen molar-refractivity contribution in [2.45, 2.75) is 26.3 Å². The van der Waals surface area contributed by atoms with Crippen LogP contribution < -0.4 is 5.56 Å². The van der Waals surface area contributed by atoms with Crippen molar-refractivity contribution in [3.8, 4) is 11.6 Å². The number of aromatic nitrogens is 3. The fraction of sp³-hybridized carbons (Fsp3) is 0.562. The Morgan fingerprint density at radius 3 is 2.70 bits per heavy atom. The van der Waals surface area contributed by atoms with Gasteiger partial charge in [0.15, 0.2) is 5.76 Å². The van der Waals surface area contributed by atoms with E-state index in [0.29, 0.717) is 23.8 Å². The highest BCUT2D eigenvalue weighted by Crippen LogP contribution is 2.16. The van der Waals surface area contributed by atoms with Crippen LogP contribution in [0.5, 0.6) is 0 Å². The van der Waals surface area contributed by atoms with Crippen molar-refractivity contribution in [3.05, 3.63) is 34.4 Å². The van der Waals surface area contributed by atoms with Gasteiger partial charge in [0, 0.05) is 25.6 Å². The molecule has 7 heteroatoms. The summed E-state index contributed by atoms with van der Waals surface area (Å²) in [5, 5.41) is 4.38. The van der Waals surface area contributed by atoms with Crippen LogP contribution in [0, 0.1) is 0 Å². The van der Waals surface area contributed by atoms with E-state index < -0.39 is 0 Å². The first-order valence-electron chi connectivity index (χ1n) is 7.98. The highest BCUT2D eigenvalue weighted by molar-refractivity contribution is 5.45. The first kappa shape index (κ1) is 15.9. The first-order valence-corrected chi connectivity index (χ1v) is 7.98. The molecular weight excluding hydrogens is 296 g/mol. The summed E-state index contributed by atoms with van der Waals surface area (Å²) in [5.74, 6) is 1.07. The van der Waals surface area contributed by atoms with Gasteiger partial charge in [-0.1, -0.05) is 13.8 Å². The van der Waals surface area contributed by atoms with E-state index in [0.717, 1.165) is 32.8 Å². The molecule has 0 atom stereocenters. The molecule has 2 aromatic heterocycles. The molecule has 0 bridgehead atoms. The molecule has 2 aromatic rings.